The Labute approximate surface area is 556 Å². The quantitative estimate of drug-likeness (QED) is 0.0774. The first-order valence-electron chi connectivity index (χ1n) is 30.8. The SMILES string of the molecule is CC(C)(O)c1ccccc1Cn1nc2c(N)nc3ccccc3n2c1=O.Cc1cccc(F)c1Cn1nc2c(N)nc3ccc(F)cc3n2c1=O.Cc1ccccc1Cn1nc2c(N)nc3ccccc3n2c1=O.Nc1nc2cc(CO)ccc2n2c(=O)n(Cc3ccccc3F)nc12. The van der Waals surface area contributed by atoms with E-state index in [4.69, 9.17) is 22.9 Å². The molecule has 0 unspecified atom stereocenters. The average Bonchev–Trinajstić information content (AvgIpc) is 1.65. The van der Waals surface area contributed by atoms with Crippen LogP contribution in [0.4, 0.5) is 36.4 Å². The molecule has 8 aromatic carbocycles. The molecule has 0 aliphatic heterocycles. The summed E-state index contributed by atoms with van der Waals surface area (Å²) in [6.07, 6.45) is 0. The van der Waals surface area contributed by atoms with E-state index in [9.17, 15) is 42.6 Å². The van der Waals surface area contributed by atoms with Gasteiger partial charge in [0.15, 0.2) is 23.3 Å². The Morgan fingerprint density at radius 3 is 1.32 bits per heavy atom. The van der Waals surface area contributed by atoms with Gasteiger partial charge in [-0.15, -0.1) is 20.4 Å². The van der Waals surface area contributed by atoms with Crippen LogP contribution in [-0.2, 0) is 38.4 Å². The van der Waals surface area contributed by atoms with Gasteiger partial charge in [-0.2, -0.15) is 0 Å². The van der Waals surface area contributed by atoms with Crippen molar-refractivity contribution in [2.45, 2.75) is 66.1 Å². The molecule has 0 atom stereocenters. The first kappa shape index (κ1) is 64.8. The Hall–Kier alpha value is -12.9. The number of nitrogen functional groups attached to an aromatic ring is 4. The van der Waals surface area contributed by atoms with Crippen LogP contribution in [0.1, 0.15) is 58.4 Å². The number of fused-ring (bicyclic) bond motifs is 12. The summed E-state index contributed by atoms with van der Waals surface area (Å²) in [6, 6.07) is 49.9. The fourth-order valence-corrected chi connectivity index (χ4v) is 11.7. The highest BCUT2D eigenvalue weighted by Gasteiger charge is 2.24. The third-order valence-electron chi connectivity index (χ3n) is 16.6. The highest BCUT2D eigenvalue weighted by atomic mass is 19.1. The number of anilines is 4. The summed E-state index contributed by atoms with van der Waals surface area (Å²) < 4.78 is 52.1. The monoisotopic (exact) mass is 1330 g/mol. The molecule has 0 saturated heterocycles. The van der Waals surface area contributed by atoms with Gasteiger partial charge in [-0.3, -0.25) is 0 Å². The van der Waals surface area contributed by atoms with E-state index in [2.05, 4.69) is 40.3 Å². The Morgan fingerprint density at radius 2 is 0.808 bits per heavy atom. The van der Waals surface area contributed by atoms with E-state index >= 15 is 0 Å². The standard InChI is InChI=1S/C19H19N5O2.C17H13F2N5O.C17H14FN5O2.C17H15N5O/c1-19(2,26)13-8-4-3-7-12(13)11-23-18(25)24-15-10-6-5-9-14(15)21-16(20)17(24)22-23;1-9-3-2-4-12(19)11(9)8-23-17(25)24-14-7-10(18)5-6-13(14)21-15(20)16(24)22-23;18-12-4-2-1-3-11(12)8-22-17(25)23-14-6-5-10(9-24)7-13(14)20-15(19)16(23)21-22;1-11-6-2-3-7-12(11)10-21-17(23)22-14-9-5-4-8-13(14)19-15(18)16(22)20-21/h3-10,26H,11H2,1-2H3,(H2,20,21);2-7H,8H2,1H3,(H2,20,21);1-7,24H,8-9H2,(H2,19,20);2-9H,10H2,1H3,(H2,18,19). The third kappa shape index (κ3) is 12.4. The number of nitrogens with zero attached hydrogens (tertiary/aromatic N) is 16. The largest absolute Gasteiger partial charge is 0.392 e. The molecule has 16 rings (SSSR count). The molecule has 0 radical (unpaired) electrons. The maximum Gasteiger partial charge on any atom is 0.351 e. The summed E-state index contributed by atoms with van der Waals surface area (Å²) in [4.78, 5) is 68.3. The minimum absolute atomic E-state index is 0.0111. The summed E-state index contributed by atoms with van der Waals surface area (Å²) in [5.74, 6) is -0.752. The number of rotatable bonds is 10. The van der Waals surface area contributed by atoms with Gasteiger partial charge in [0.05, 0.1) is 82.5 Å². The van der Waals surface area contributed by atoms with E-state index < -0.39 is 34.4 Å². The molecule has 0 aliphatic rings. The second kappa shape index (κ2) is 26.0. The van der Waals surface area contributed by atoms with Crippen molar-refractivity contribution in [2.75, 3.05) is 22.9 Å². The van der Waals surface area contributed by atoms with Gasteiger partial charge in [0.25, 0.3) is 0 Å². The van der Waals surface area contributed by atoms with Crippen molar-refractivity contribution in [2.24, 2.45) is 0 Å². The molecule has 0 bridgehead atoms. The number of aliphatic hydroxyl groups is 2. The van der Waals surface area contributed by atoms with E-state index in [-0.39, 0.29) is 77.7 Å². The van der Waals surface area contributed by atoms with E-state index in [0.29, 0.717) is 78.7 Å². The van der Waals surface area contributed by atoms with Gasteiger partial charge in [-0.1, -0.05) is 109 Å². The zero-order valence-electron chi connectivity index (χ0n) is 53.4. The van der Waals surface area contributed by atoms with Gasteiger partial charge in [-0.25, -0.2) is 88.6 Å². The number of aryl methyl sites for hydroxylation is 2. The first-order chi connectivity index (χ1) is 47.5. The number of hydrogen-bond acceptors (Lipinski definition) is 18. The predicted molar refractivity (Wildman–Crippen MR) is 369 cm³/mol. The second-order valence-electron chi connectivity index (χ2n) is 23.7. The lowest BCUT2D eigenvalue weighted by Crippen LogP contribution is -2.25. The zero-order valence-corrected chi connectivity index (χ0v) is 53.4. The van der Waals surface area contributed by atoms with Crippen LogP contribution in [0.2, 0.25) is 0 Å². The van der Waals surface area contributed by atoms with Crippen molar-refractivity contribution in [3.05, 3.63) is 280 Å². The van der Waals surface area contributed by atoms with Crippen LogP contribution in [-0.4, -0.2) is 86.9 Å². The molecule has 16 aromatic rings. The van der Waals surface area contributed by atoms with Crippen molar-refractivity contribution in [3.63, 3.8) is 0 Å². The molecule has 0 aliphatic carbocycles. The Bertz CT molecular complexity index is 6100. The van der Waals surface area contributed by atoms with Gasteiger partial charge < -0.3 is 33.1 Å². The van der Waals surface area contributed by atoms with E-state index in [1.165, 1.54) is 57.3 Å². The number of hydrogen-bond donors (Lipinski definition) is 6. The van der Waals surface area contributed by atoms with Gasteiger partial charge in [0.2, 0.25) is 22.6 Å². The van der Waals surface area contributed by atoms with Crippen molar-refractivity contribution >= 4 is 90.0 Å². The number of nitrogens with two attached hydrogens (primary N) is 4. The molecular weight excluding hydrogens is 1270 g/mol. The maximum absolute atomic E-state index is 14.1. The molecular formula is C70H61F3N20O6. The van der Waals surface area contributed by atoms with Crippen LogP contribution in [0.15, 0.2) is 195 Å². The lowest BCUT2D eigenvalue weighted by atomic mass is 9.93. The topological polar surface area (TPSA) is 353 Å². The lowest BCUT2D eigenvalue weighted by molar-refractivity contribution is 0.0774. The smallest absolute Gasteiger partial charge is 0.351 e. The number of para-hydroxylation sites is 4. The van der Waals surface area contributed by atoms with Gasteiger partial charge in [0, 0.05) is 17.2 Å². The first-order valence-corrected chi connectivity index (χ1v) is 30.8. The maximum atomic E-state index is 14.1. The Morgan fingerprint density at radius 1 is 0.404 bits per heavy atom. The van der Waals surface area contributed by atoms with E-state index in [1.54, 1.807) is 75.4 Å². The molecule has 0 amide bonds. The van der Waals surface area contributed by atoms with E-state index in [1.807, 2.05) is 97.9 Å². The minimum Gasteiger partial charge on any atom is -0.392 e. The summed E-state index contributed by atoms with van der Waals surface area (Å²) in [5.41, 5.74) is 32.4. The summed E-state index contributed by atoms with van der Waals surface area (Å²) in [5, 5.41) is 36.8. The van der Waals surface area contributed by atoms with Crippen LogP contribution < -0.4 is 45.7 Å². The van der Waals surface area contributed by atoms with Crippen LogP contribution in [0.3, 0.4) is 0 Å². The molecule has 99 heavy (non-hydrogen) atoms. The fraction of sp³-hybridized carbons (Fsp3) is 0.143. The Kier molecular flexibility index (Phi) is 17.0. The highest BCUT2D eigenvalue weighted by molar-refractivity contribution is 5.85. The van der Waals surface area contributed by atoms with Crippen LogP contribution in [0.5, 0.6) is 0 Å². The molecule has 0 spiro atoms. The highest BCUT2D eigenvalue weighted by Crippen LogP contribution is 2.26. The van der Waals surface area contributed by atoms with Gasteiger partial charge in [-0.05, 0) is 122 Å². The summed E-state index contributed by atoms with van der Waals surface area (Å²) in [7, 11) is 0. The summed E-state index contributed by atoms with van der Waals surface area (Å²) >= 11 is 0. The number of aliphatic hydroxyl groups excluding tert-OH is 1. The van der Waals surface area contributed by atoms with Crippen molar-refractivity contribution in [1.82, 2.24) is 76.7 Å². The Balaban J connectivity index is 0.000000119. The molecule has 8 heterocycles. The molecule has 29 heteroatoms. The van der Waals surface area contributed by atoms with Crippen LogP contribution in [0, 0.1) is 31.3 Å². The zero-order chi connectivity index (χ0) is 69.7. The van der Waals surface area contributed by atoms with Crippen LogP contribution in [0.25, 0.3) is 66.7 Å². The van der Waals surface area contributed by atoms with Crippen molar-refractivity contribution in [3.8, 4) is 0 Å². The fourth-order valence-electron chi connectivity index (χ4n) is 11.7. The average molecular weight is 1340 g/mol. The normalized spacial score (nSPS) is 11.6. The number of aromatic nitrogens is 16. The number of halogens is 3. The second-order valence-corrected chi connectivity index (χ2v) is 23.7. The summed E-state index contributed by atoms with van der Waals surface area (Å²) in [6.45, 7) is 7.62. The van der Waals surface area contributed by atoms with Gasteiger partial charge in [0.1, 0.15) is 17.5 Å². The van der Waals surface area contributed by atoms with Crippen LogP contribution >= 0.6 is 0 Å². The predicted octanol–water partition coefficient (Wildman–Crippen LogP) is 7.45. The van der Waals surface area contributed by atoms with E-state index in [0.717, 1.165) is 31.6 Å². The minimum atomic E-state index is -1.02. The van der Waals surface area contributed by atoms with Crippen molar-refractivity contribution in [1.29, 1.82) is 0 Å². The molecule has 498 valence electrons. The third-order valence-corrected chi connectivity index (χ3v) is 16.6. The lowest BCUT2D eigenvalue weighted by Gasteiger charge is -2.21. The molecule has 0 saturated carbocycles. The molecule has 8 aromatic heterocycles. The number of benzene rings is 8. The van der Waals surface area contributed by atoms with Crippen molar-refractivity contribution < 1.29 is 23.4 Å². The molecule has 26 nitrogen and oxygen atoms in total. The van der Waals surface area contributed by atoms with Gasteiger partial charge >= 0.3 is 22.8 Å². The molecule has 10 N–H and O–H groups in total. The molecule has 0 fully saturated rings.